The number of nitrogens with one attached hydrogen (secondary N) is 2. The van der Waals surface area contributed by atoms with E-state index in [1.165, 1.54) is 12.1 Å². The van der Waals surface area contributed by atoms with Gasteiger partial charge in [-0.1, -0.05) is 82.9 Å². The third-order valence-electron chi connectivity index (χ3n) is 5.46. The second kappa shape index (κ2) is 11.8. The summed E-state index contributed by atoms with van der Waals surface area (Å²) in [4.78, 5) is 42.2. The fraction of sp³-hybridized carbons (Fsp3) is 0.231. The average molecular weight is 513 g/mol. The van der Waals surface area contributed by atoms with Crippen molar-refractivity contribution in [3.05, 3.63) is 98.8 Å². The summed E-state index contributed by atoms with van der Waals surface area (Å²) in [6, 6.07) is 16.0. The Morgan fingerprint density at radius 3 is 1.80 bits per heavy atom. The maximum Gasteiger partial charge on any atom is 0.255 e. The van der Waals surface area contributed by atoms with E-state index in [2.05, 4.69) is 15.6 Å². The first-order valence-electron chi connectivity index (χ1n) is 11.0. The molecule has 0 radical (unpaired) electrons. The van der Waals surface area contributed by atoms with Crippen LogP contribution in [0.4, 0.5) is 0 Å². The number of pyridine rings is 1. The van der Waals surface area contributed by atoms with E-state index in [4.69, 9.17) is 28.9 Å². The second-order valence-corrected chi connectivity index (χ2v) is 9.09. The molecule has 0 bridgehead atoms. The number of rotatable bonds is 9. The molecule has 0 unspecified atom stereocenters. The van der Waals surface area contributed by atoms with Crippen molar-refractivity contribution in [3.63, 3.8) is 0 Å². The molecule has 3 amide bonds. The van der Waals surface area contributed by atoms with E-state index < -0.39 is 29.8 Å². The highest BCUT2D eigenvalue weighted by atomic mass is 35.5. The van der Waals surface area contributed by atoms with Crippen molar-refractivity contribution in [3.8, 4) is 0 Å². The Balaban J connectivity index is 1.82. The molecule has 0 aliphatic rings. The number of carbonyl (C=O) groups excluding carboxylic acids is 3. The van der Waals surface area contributed by atoms with Gasteiger partial charge in [-0.05, 0) is 37.1 Å². The summed E-state index contributed by atoms with van der Waals surface area (Å²) in [5.74, 6) is -1.82. The molecule has 3 rings (SSSR count). The van der Waals surface area contributed by atoms with Crippen LogP contribution in [0.2, 0.25) is 10.3 Å². The van der Waals surface area contributed by atoms with Gasteiger partial charge in [0, 0.05) is 12.8 Å². The van der Waals surface area contributed by atoms with Gasteiger partial charge in [0.25, 0.3) is 5.91 Å². The number of aryl methyl sites for hydroxylation is 2. The largest absolute Gasteiger partial charge is 0.368 e. The minimum Gasteiger partial charge on any atom is -0.368 e. The highest BCUT2D eigenvalue weighted by Gasteiger charge is 2.27. The van der Waals surface area contributed by atoms with Gasteiger partial charge in [0.05, 0.1) is 5.56 Å². The smallest absolute Gasteiger partial charge is 0.255 e. The number of hydrogen-bond acceptors (Lipinski definition) is 4. The fourth-order valence-corrected chi connectivity index (χ4v) is 3.87. The zero-order chi connectivity index (χ0) is 25.5. The number of carbonyl (C=O) groups is 3. The first-order valence-corrected chi connectivity index (χ1v) is 11.7. The standard InChI is InChI=1S/C26H26Cl2N4O3/c1-15-3-7-17(8-4-15)13-20(24(29)33)30-26(35)21(14-18-9-5-16(2)6-10-18)31-25(34)19-11-12-22(27)32-23(19)28/h3-12,20-21H,13-14H2,1-2H3,(H2,29,33)(H,30,35)(H,31,34)/t20-,21-/m0/s1. The molecular formula is C26H26Cl2N4O3. The van der Waals surface area contributed by atoms with E-state index in [9.17, 15) is 14.4 Å². The van der Waals surface area contributed by atoms with Crippen LogP contribution in [0.3, 0.4) is 0 Å². The molecule has 2 aromatic carbocycles. The van der Waals surface area contributed by atoms with Crippen LogP contribution in [0.15, 0.2) is 60.7 Å². The highest BCUT2D eigenvalue weighted by molar-refractivity contribution is 6.34. The lowest BCUT2D eigenvalue weighted by Crippen LogP contribution is -2.54. The molecule has 182 valence electrons. The van der Waals surface area contributed by atoms with Crippen LogP contribution in [-0.4, -0.2) is 34.8 Å². The molecule has 35 heavy (non-hydrogen) atoms. The zero-order valence-corrected chi connectivity index (χ0v) is 20.9. The third-order valence-corrected chi connectivity index (χ3v) is 5.96. The predicted molar refractivity (Wildman–Crippen MR) is 136 cm³/mol. The fourth-order valence-electron chi connectivity index (χ4n) is 3.44. The Morgan fingerprint density at radius 2 is 1.31 bits per heavy atom. The Labute approximate surface area is 214 Å². The van der Waals surface area contributed by atoms with E-state index in [1.807, 2.05) is 62.4 Å². The minimum absolute atomic E-state index is 0.0730. The summed E-state index contributed by atoms with van der Waals surface area (Å²) in [5.41, 5.74) is 9.46. The van der Waals surface area contributed by atoms with Gasteiger partial charge in [0.15, 0.2) is 0 Å². The molecule has 1 aromatic heterocycles. The molecule has 2 atom stereocenters. The minimum atomic E-state index is -1.00. The van der Waals surface area contributed by atoms with Crippen molar-refractivity contribution in [1.82, 2.24) is 15.6 Å². The van der Waals surface area contributed by atoms with Gasteiger partial charge in [-0.2, -0.15) is 0 Å². The lowest BCUT2D eigenvalue weighted by Gasteiger charge is -2.22. The summed E-state index contributed by atoms with van der Waals surface area (Å²) in [6.45, 7) is 3.91. The number of nitrogens with zero attached hydrogens (tertiary/aromatic N) is 1. The van der Waals surface area contributed by atoms with Crippen LogP contribution >= 0.6 is 23.2 Å². The molecule has 3 aromatic rings. The first kappa shape index (κ1) is 26.2. The lowest BCUT2D eigenvalue weighted by atomic mass is 10.0. The number of halogens is 2. The van der Waals surface area contributed by atoms with Crippen LogP contribution in [0.5, 0.6) is 0 Å². The third kappa shape index (κ3) is 7.53. The summed E-state index contributed by atoms with van der Waals surface area (Å²) in [7, 11) is 0. The molecule has 0 spiro atoms. The van der Waals surface area contributed by atoms with E-state index in [0.717, 1.165) is 22.3 Å². The van der Waals surface area contributed by atoms with Crippen molar-refractivity contribution in [2.75, 3.05) is 0 Å². The molecular weight excluding hydrogens is 487 g/mol. The highest BCUT2D eigenvalue weighted by Crippen LogP contribution is 2.17. The van der Waals surface area contributed by atoms with Crippen molar-refractivity contribution >= 4 is 40.9 Å². The second-order valence-electron chi connectivity index (χ2n) is 8.34. The number of primary amides is 1. The van der Waals surface area contributed by atoms with Crippen molar-refractivity contribution in [2.45, 2.75) is 38.8 Å². The monoisotopic (exact) mass is 512 g/mol. The van der Waals surface area contributed by atoms with Crippen molar-refractivity contribution < 1.29 is 14.4 Å². The van der Waals surface area contributed by atoms with Crippen LogP contribution in [0.25, 0.3) is 0 Å². The van der Waals surface area contributed by atoms with Gasteiger partial charge in [-0.25, -0.2) is 4.98 Å². The molecule has 9 heteroatoms. The number of hydrogen-bond donors (Lipinski definition) is 3. The molecule has 0 saturated heterocycles. The molecule has 0 aliphatic heterocycles. The first-order chi connectivity index (χ1) is 16.6. The molecule has 7 nitrogen and oxygen atoms in total. The van der Waals surface area contributed by atoms with E-state index in [-0.39, 0.29) is 28.7 Å². The van der Waals surface area contributed by atoms with Crippen molar-refractivity contribution in [2.24, 2.45) is 5.73 Å². The number of amides is 3. The van der Waals surface area contributed by atoms with Gasteiger partial charge < -0.3 is 16.4 Å². The zero-order valence-electron chi connectivity index (χ0n) is 19.3. The van der Waals surface area contributed by atoms with Crippen molar-refractivity contribution in [1.29, 1.82) is 0 Å². The maximum atomic E-state index is 13.3. The lowest BCUT2D eigenvalue weighted by molar-refractivity contribution is -0.128. The SMILES string of the molecule is Cc1ccc(C[C@H](NC(=O)[C@H](Cc2ccc(C)cc2)NC(=O)c2ccc(Cl)nc2Cl)C(N)=O)cc1. The summed E-state index contributed by atoms with van der Waals surface area (Å²) < 4.78 is 0. The van der Waals surface area contributed by atoms with E-state index in [1.54, 1.807) is 0 Å². The maximum absolute atomic E-state index is 13.3. The summed E-state index contributed by atoms with van der Waals surface area (Å²) in [6.07, 6.45) is 0.409. The molecule has 1 heterocycles. The average Bonchev–Trinajstić information content (AvgIpc) is 2.80. The molecule has 0 aliphatic carbocycles. The normalized spacial score (nSPS) is 12.5. The van der Waals surface area contributed by atoms with Gasteiger partial charge in [0.1, 0.15) is 22.4 Å². The van der Waals surface area contributed by atoms with Crippen LogP contribution in [-0.2, 0) is 22.4 Å². The number of benzene rings is 2. The molecule has 0 saturated carbocycles. The van der Waals surface area contributed by atoms with E-state index >= 15 is 0 Å². The van der Waals surface area contributed by atoms with E-state index in [0.29, 0.717) is 0 Å². The topological polar surface area (TPSA) is 114 Å². The Bertz CT molecular complexity index is 1210. The molecule has 0 fully saturated rings. The van der Waals surface area contributed by atoms with Crippen LogP contribution in [0, 0.1) is 13.8 Å². The van der Waals surface area contributed by atoms with Gasteiger partial charge in [0.2, 0.25) is 11.8 Å². The number of aromatic nitrogens is 1. The Kier molecular flexibility index (Phi) is 8.84. The Hall–Kier alpha value is -3.42. The number of nitrogens with two attached hydrogens (primary N) is 1. The molecule has 4 N–H and O–H groups in total. The predicted octanol–water partition coefficient (Wildman–Crippen LogP) is 3.56. The van der Waals surface area contributed by atoms with Gasteiger partial charge in [-0.15, -0.1) is 0 Å². The quantitative estimate of drug-likeness (QED) is 0.380. The van der Waals surface area contributed by atoms with Crippen LogP contribution in [0.1, 0.15) is 32.6 Å². The summed E-state index contributed by atoms with van der Waals surface area (Å²) >= 11 is 11.9. The van der Waals surface area contributed by atoms with Gasteiger partial charge in [-0.3, -0.25) is 14.4 Å². The van der Waals surface area contributed by atoms with Gasteiger partial charge >= 0.3 is 0 Å². The Morgan fingerprint density at radius 1 is 0.800 bits per heavy atom. The summed E-state index contributed by atoms with van der Waals surface area (Å²) in [5, 5.41) is 5.45. The van der Waals surface area contributed by atoms with Crippen LogP contribution < -0.4 is 16.4 Å².